The number of benzene rings is 2. The van der Waals surface area contributed by atoms with Gasteiger partial charge >= 0.3 is 0 Å². The highest BCUT2D eigenvalue weighted by Crippen LogP contribution is 2.24. The first-order valence-corrected chi connectivity index (χ1v) is 13.3. The molecule has 0 radical (unpaired) electrons. The van der Waals surface area contributed by atoms with Gasteiger partial charge in [0, 0.05) is 42.9 Å². The number of ketones is 1. The van der Waals surface area contributed by atoms with Crippen molar-refractivity contribution in [3.63, 3.8) is 0 Å². The van der Waals surface area contributed by atoms with Gasteiger partial charge in [-0.15, -0.1) is 0 Å². The van der Waals surface area contributed by atoms with E-state index in [1.54, 1.807) is 72.8 Å². The van der Waals surface area contributed by atoms with Crippen molar-refractivity contribution in [2.45, 2.75) is 19.3 Å². The topological polar surface area (TPSA) is 101 Å². The molecule has 0 saturated carbocycles. The van der Waals surface area contributed by atoms with Crippen molar-refractivity contribution in [2.75, 3.05) is 25.5 Å². The highest BCUT2D eigenvalue weighted by Gasteiger charge is 2.29. The Morgan fingerprint density at radius 1 is 0.878 bits per heavy atom. The highest BCUT2D eigenvalue weighted by atomic mass is 19.1. The number of carbonyl (C=O) groups excluding carboxylic acids is 3. The summed E-state index contributed by atoms with van der Waals surface area (Å²) in [5, 5.41) is 2.78. The minimum Gasteiger partial charge on any atom is -0.497 e. The molecule has 1 fully saturated rings. The molecule has 0 aliphatic carbocycles. The van der Waals surface area contributed by atoms with Gasteiger partial charge in [0.25, 0.3) is 11.8 Å². The zero-order valence-electron chi connectivity index (χ0n) is 22.5. The Morgan fingerprint density at radius 3 is 2.20 bits per heavy atom. The number of hydrogen-bond acceptors (Lipinski definition) is 6. The lowest BCUT2D eigenvalue weighted by Crippen LogP contribution is -2.40. The normalized spacial score (nSPS) is 13.5. The Hall–Kier alpha value is -4.92. The summed E-state index contributed by atoms with van der Waals surface area (Å²) >= 11 is 0. The van der Waals surface area contributed by atoms with E-state index in [-0.39, 0.29) is 35.0 Å². The number of anilines is 1. The second kappa shape index (κ2) is 12.5. The summed E-state index contributed by atoms with van der Waals surface area (Å²) < 4.78 is 18.3. The van der Waals surface area contributed by atoms with E-state index in [0.29, 0.717) is 54.9 Å². The first-order chi connectivity index (χ1) is 19.9. The fraction of sp³-hybridized carbons (Fsp3) is 0.219. The zero-order valence-corrected chi connectivity index (χ0v) is 22.5. The monoisotopic (exact) mass is 552 g/mol. The van der Waals surface area contributed by atoms with Crippen molar-refractivity contribution in [2.24, 2.45) is 5.92 Å². The lowest BCUT2D eigenvalue weighted by molar-refractivity contribution is 0.0645. The van der Waals surface area contributed by atoms with Crippen molar-refractivity contribution in [1.29, 1.82) is 0 Å². The molecule has 2 aromatic heterocycles. The van der Waals surface area contributed by atoms with E-state index in [4.69, 9.17) is 4.74 Å². The number of methoxy groups -OCH3 is 1. The van der Waals surface area contributed by atoms with E-state index in [0.717, 1.165) is 11.3 Å². The average molecular weight is 553 g/mol. The number of halogens is 1. The van der Waals surface area contributed by atoms with Gasteiger partial charge in [-0.1, -0.05) is 12.1 Å². The Morgan fingerprint density at radius 2 is 1.59 bits per heavy atom. The van der Waals surface area contributed by atoms with Crippen LogP contribution in [-0.4, -0.2) is 52.7 Å². The number of hydrogen-bond donors (Lipinski definition) is 1. The standard InChI is InChI=1S/C32H29FN4O4/c1-41-28-11-4-22(5-12-28)30(38)23-14-16-37(17-15-23)32(40)29-13-6-24(19-35-29)31(39)36-27-10-9-26(34-20-27)18-21-2-7-25(33)8-3-21/h2-13,19-20,23H,14-18H2,1H3,(H,36,39). The third kappa shape index (κ3) is 6.81. The summed E-state index contributed by atoms with van der Waals surface area (Å²) in [7, 11) is 1.58. The summed E-state index contributed by atoms with van der Waals surface area (Å²) in [5.41, 5.74) is 3.43. The fourth-order valence-electron chi connectivity index (χ4n) is 4.77. The van der Waals surface area contributed by atoms with Gasteiger partial charge in [0.15, 0.2) is 5.78 Å². The van der Waals surface area contributed by atoms with Crippen LogP contribution in [0.25, 0.3) is 0 Å². The molecule has 8 nitrogen and oxygen atoms in total. The third-order valence-corrected chi connectivity index (χ3v) is 7.15. The minimum absolute atomic E-state index is 0.0750. The molecule has 2 aromatic carbocycles. The van der Waals surface area contributed by atoms with Crippen molar-refractivity contribution in [1.82, 2.24) is 14.9 Å². The van der Waals surface area contributed by atoms with Gasteiger partial charge in [0.1, 0.15) is 17.3 Å². The number of Topliss-reactive ketones (excluding diaryl/α,β-unsaturated/α-hetero) is 1. The molecule has 3 heterocycles. The Balaban J connectivity index is 1.12. The van der Waals surface area contributed by atoms with Crippen LogP contribution in [0.15, 0.2) is 85.2 Å². The molecule has 1 saturated heterocycles. The molecule has 41 heavy (non-hydrogen) atoms. The van der Waals surface area contributed by atoms with Gasteiger partial charge in [-0.25, -0.2) is 4.39 Å². The minimum atomic E-state index is -0.373. The molecule has 5 rings (SSSR count). The second-order valence-corrected chi connectivity index (χ2v) is 9.89. The molecule has 0 unspecified atom stereocenters. The maximum Gasteiger partial charge on any atom is 0.272 e. The van der Waals surface area contributed by atoms with E-state index in [1.165, 1.54) is 24.4 Å². The van der Waals surface area contributed by atoms with Gasteiger partial charge in [0.2, 0.25) is 0 Å². The molecule has 1 aliphatic heterocycles. The molecule has 9 heteroatoms. The summed E-state index contributed by atoms with van der Waals surface area (Å²) in [5.74, 6) is -0.256. The highest BCUT2D eigenvalue weighted by molar-refractivity contribution is 6.04. The molecule has 2 amide bonds. The molecule has 0 bridgehead atoms. The van der Waals surface area contributed by atoms with Crippen LogP contribution < -0.4 is 10.1 Å². The van der Waals surface area contributed by atoms with Crippen LogP contribution in [0.2, 0.25) is 0 Å². The smallest absolute Gasteiger partial charge is 0.272 e. The lowest BCUT2D eigenvalue weighted by atomic mass is 9.88. The largest absolute Gasteiger partial charge is 0.497 e. The first-order valence-electron chi connectivity index (χ1n) is 13.3. The van der Waals surface area contributed by atoms with Crippen molar-refractivity contribution in [3.05, 3.63) is 119 Å². The number of carbonyl (C=O) groups is 3. The molecule has 208 valence electrons. The number of pyridine rings is 2. The van der Waals surface area contributed by atoms with Crippen LogP contribution in [0.1, 0.15) is 55.3 Å². The molecular formula is C32H29FN4O4. The van der Waals surface area contributed by atoms with Crippen LogP contribution in [-0.2, 0) is 6.42 Å². The molecule has 0 spiro atoms. The summed E-state index contributed by atoms with van der Waals surface area (Å²) in [6.45, 7) is 0.916. The van der Waals surface area contributed by atoms with E-state index in [2.05, 4.69) is 15.3 Å². The lowest BCUT2D eigenvalue weighted by Gasteiger charge is -2.31. The number of ether oxygens (including phenoxy) is 1. The van der Waals surface area contributed by atoms with Crippen LogP contribution in [0.5, 0.6) is 5.75 Å². The predicted molar refractivity (Wildman–Crippen MR) is 152 cm³/mol. The van der Waals surface area contributed by atoms with E-state index < -0.39 is 0 Å². The van der Waals surface area contributed by atoms with E-state index in [1.807, 2.05) is 0 Å². The van der Waals surface area contributed by atoms with Gasteiger partial charge in [0.05, 0.1) is 24.6 Å². The number of piperidine rings is 1. The number of aromatic nitrogens is 2. The quantitative estimate of drug-likeness (QED) is 0.302. The first kappa shape index (κ1) is 27.6. The summed E-state index contributed by atoms with van der Waals surface area (Å²) in [4.78, 5) is 48.9. The summed E-state index contributed by atoms with van der Waals surface area (Å²) in [6, 6.07) is 20.0. The second-order valence-electron chi connectivity index (χ2n) is 9.89. The van der Waals surface area contributed by atoms with Gasteiger partial charge in [-0.05, 0) is 79.1 Å². The van der Waals surface area contributed by atoms with Crippen molar-refractivity contribution >= 4 is 23.3 Å². The Labute approximate surface area is 237 Å². The van der Waals surface area contributed by atoms with Crippen molar-refractivity contribution < 1.29 is 23.5 Å². The maximum atomic E-state index is 13.1. The maximum absolute atomic E-state index is 13.1. The van der Waals surface area contributed by atoms with Crippen LogP contribution >= 0.6 is 0 Å². The molecular weight excluding hydrogens is 523 g/mol. The Bertz CT molecular complexity index is 1510. The van der Waals surface area contributed by atoms with Gasteiger partial charge in [-0.3, -0.25) is 24.4 Å². The molecule has 0 atom stereocenters. The van der Waals surface area contributed by atoms with Crippen LogP contribution in [0.3, 0.4) is 0 Å². The number of likely N-dealkylation sites (tertiary alicyclic amines) is 1. The average Bonchev–Trinajstić information content (AvgIpc) is 3.02. The fourth-order valence-corrected chi connectivity index (χ4v) is 4.77. The van der Waals surface area contributed by atoms with Gasteiger partial charge < -0.3 is 15.0 Å². The third-order valence-electron chi connectivity index (χ3n) is 7.15. The SMILES string of the molecule is COc1ccc(C(=O)C2CCN(C(=O)c3ccc(C(=O)Nc4ccc(Cc5ccc(F)cc5)nc4)cn3)CC2)cc1. The number of amides is 2. The number of nitrogens with zero attached hydrogens (tertiary/aromatic N) is 3. The summed E-state index contributed by atoms with van der Waals surface area (Å²) in [6.07, 6.45) is 4.64. The van der Waals surface area contributed by atoms with E-state index in [9.17, 15) is 18.8 Å². The van der Waals surface area contributed by atoms with Gasteiger partial charge in [-0.2, -0.15) is 0 Å². The van der Waals surface area contributed by atoms with Crippen molar-refractivity contribution in [3.8, 4) is 5.75 Å². The Kier molecular flexibility index (Phi) is 8.43. The molecule has 1 N–H and O–H groups in total. The predicted octanol–water partition coefficient (Wildman–Crippen LogP) is 5.20. The number of rotatable bonds is 8. The van der Waals surface area contributed by atoms with E-state index >= 15 is 0 Å². The molecule has 1 aliphatic rings. The molecule has 4 aromatic rings. The van der Waals surface area contributed by atoms with Crippen LogP contribution in [0, 0.1) is 11.7 Å². The zero-order chi connectivity index (χ0) is 28.8. The number of nitrogens with one attached hydrogen (secondary N) is 1. The van der Waals surface area contributed by atoms with Crippen LogP contribution in [0.4, 0.5) is 10.1 Å².